The first-order valence-corrected chi connectivity index (χ1v) is 12.6. The van der Waals surface area contributed by atoms with Gasteiger partial charge in [-0.05, 0) is 69.5 Å². The number of carbonyl (C=O) groups is 1. The average molecular weight is 494 g/mol. The van der Waals surface area contributed by atoms with Crippen LogP contribution in [-0.4, -0.2) is 34.9 Å². The maximum atomic E-state index is 11.9. The van der Waals surface area contributed by atoms with Crippen LogP contribution in [0.3, 0.4) is 0 Å². The lowest BCUT2D eigenvalue weighted by Crippen LogP contribution is -2.47. The van der Waals surface area contributed by atoms with Crippen molar-refractivity contribution in [2.24, 2.45) is 0 Å². The second kappa shape index (κ2) is 11.5. The average Bonchev–Trinajstić information content (AvgIpc) is 3.26. The maximum absolute atomic E-state index is 11.9. The predicted octanol–water partition coefficient (Wildman–Crippen LogP) is 6.26. The molecule has 0 amide bonds. The lowest BCUT2D eigenvalue weighted by molar-refractivity contribution is -0.156. The summed E-state index contributed by atoms with van der Waals surface area (Å²) in [6, 6.07) is 14.4. The summed E-state index contributed by atoms with van der Waals surface area (Å²) in [7, 11) is 0. The Labute approximate surface area is 212 Å². The topological polar surface area (TPSA) is 91.0 Å². The lowest BCUT2D eigenvalue weighted by Gasteiger charge is -2.27. The van der Waals surface area contributed by atoms with Crippen LogP contribution >= 0.6 is 0 Å². The van der Waals surface area contributed by atoms with Crippen LogP contribution in [0.4, 0.5) is 0 Å². The minimum absolute atomic E-state index is 0.147. The van der Waals surface area contributed by atoms with Crippen LogP contribution in [0, 0.1) is 13.8 Å². The van der Waals surface area contributed by atoms with Gasteiger partial charge in [0.15, 0.2) is 5.89 Å². The molecule has 1 aliphatic rings. The van der Waals surface area contributed by atoms with Crippen molar-refractivity contribution in [3.8, 4) is 17.2 Å². The zero-order valence-electron chi connectivity index (χ0n) is 21.3. The molecule has 1 heterocycles. The van der Waals surface area contributed by atoms with Crippen LogP contribution < -0.4 is 14.2 Å². The SMILES string of the molecule is Cc1ccccc1OC(C)(COc1ccc(OCCc2nc(C3CCCCC3)oc2C)cc1)C(=O)O. The molecule has 0 spiro atoms. The summed E-state index contributed by atoms with van der Waals surface area (Å²) >= 11 is 0. The van der Waals surface area contributed by atoms with Gasteiger partial charge < -0.3 is 23.7 Å². The van der Waals surface area contributed by atoms with Crippen LogP contribution in [0.1, 0.15) is 67.9 Å². The molecular weight excluding hydrogens is 458 g/mol. The predicted molar refractivity (Wildman–Crippen MR) is 136 cm³/mol. The Bertz CT molecular complexity index is 1150. The molecule has 2 aromatic carbocycles. The van der Waals surface area contributed by atoms with Gasteiger partial charge in [-0.2, -0.15) is 0 Å². The molecule has 4 rings (SSSR count). The highest BCUT2D eigenvalue weighted by atomic mass is 16.6. The van der Waals surface area contributed by atoms with E-state index in [-0.39, 0.29) is 6.61 Å². The number of carboxylic acid groups (broad SMARTS) is 1. The quantitative estimate of drug-likeness (QED) is 0.337. The molecule has 0 bridgehead atoms. The Morgan fingerprint density at radius 2 is 1.69 bits per heavy atom. The van der Waals surface area contributed by atoms with E-state index in [0.29, 0.717) is 36.2 Å². The Morgan fingerprint density at radius 1 is 1.03 bits per heavy atom. The Hall–Kier alpha value is -3.48. The van der Waals surface area contributed by atoms with Gasteiger partial charge in [0.25, 0.3) is 0 Å². The second-order valence-electron chi connectivity index (χ2n) is 9.65. The summed E-state index contributed by atoms with van der Waals surface area (Å²) in [6.45, 7) is 5.68. The van der Waals surface area contributed by atoms with Crippen LogP contribution in [0.15, 0.2) is 52.9 Å². The van der Waals surface area contributed by atoms with Gasteiger partial charge in [0.2, 0.25) is 5.60 Å². The van der Waals surface area contributed by atoms with Gasteiger partial charge >= 0.3 is 5.97 Å². The molecule has 1 saturated carbocycles. The minimum atomic E-state index is -1.53. The van der Waals surface area contributed by atoms with Crippen molar-refractivity contribution >= 4 is 5.97 Å². The number of para-hydroxylation sites is 1. The fourth-order valence-corrected chi connectivity index (χ4v) is 4.37. The summed E-state index contributed by atoms with van der Waals surface area (Å²) in [5.74, 6) is 2.86. The highest BCUT2D eigenvalue weighted by molar-refractivity contribution is 5.77. The summed E-state index contributed by atoms with van der Waals surface area (Å²) in [5.41, 5.74) is 0.280. The standard InChI is InChI=1S/C29H35NO6/c1-20-9-7-8-12-26(20)36-29(3,28(31)32)19-34-24-15-13-23(14-16-24)33-18-17-25-21(2)35-27(30-25)22-10-5-4-6-11-22/h7-9,12-16,22H,4-6,10-11,17-19H2,1-3H3,(H,31,32). The van der Waals surface area contributed by atoms with E-state index in [4.69, 9.17) is 23.6 Å². The number of oxazole rings is 1. The molecule has 1 N–H and O–H groups in total. The van der Waals surface area contributed by atoms with Crippen LogP contribution in [0.5, 0.6) is 17.2 Å². The first-order valence-electron chi connectivity index (χ1n) is 12.6. The smallest absolute Gasteiger partial charge is 0.351 e. The van der Waals surface area contributed by atoms with E-state index >= 15 is 0 Å². The van der Waals surface area contributed by atoms with Crippen molar-refractivity contribution in [3.05, 3.63) is 71.4 Å². The van der Waals surface area contributed by atoms with E-state index in [2.05, 4.69) is 0 Å². The molecule has 0 saturated heterocycles. The van der Waals surface area contributed by atoms with Crippen molar-refractivity contribution < 1.29 is 28.5 Å². The fraction of sp³-hybridized carbons (Fsp3) is 0.448. The van der Waals surface area contributed by atoms with Crippen molar-refractivity contribution in [3.63, 3.8) is 0 Å². The molecule has 1 atom stereocenters. The first kappa shape index (κ1) is 25.6. The largest absolute Gasteiger partial charge is 0.493 e. The van der Waals surface area contributed by atoms with Gasteiger partial charge in [-0.15, -0.1) is 0 Å². The van der Waals surface area contributed by atoms with E-state index in [1.54, 1.807) is 30.3 Å². The van der Waals surface area contributed by atoms with Crippen molar-refractivity contribution in [2.45, 2.75) is 70.8 Å². The lowest BCUT2D eigenvalue weighted by atomic mass is 9.89. The minimum Gasteiger partial charge on any atom is -0.493 e. The Balaban J connectivity index is 1.28. The van der Waals surface area contributed by atoms with Crippen LogP contribution in [0.2, 0.25) is 0 Å². The fourth-order valence-electron chi connectivity index (χ4n) is 4.37. The number of hydrogen-bond donors (Lipinski definition) is 1. The zero-order valence-corrected chi connectivity index (χ0v) is 21.3. The number of benzene rings is 2. The summed E-state index contributed by atoms with van der Waals surface area (Å²) in [6.07, 6.45) is 6.80. The highest BCUT2D eigenvalue weighted by Crippen LogP contribution is 2.33. The normalized spacial score (nSPS) is 15.8. The third kappa shape index (κ3) is 6.39. The molecule has 1 unspecified atom stereocenters. The molecular formula is C29H35NO6. The Morgan fingerprint density at radius 3 is 2.36 bits per heavy atom. The highest BCUT2D eigenvalue weighted by Gasteiger charge is 2.37. The summed E-state index contributed by atoms with van der Waals surface area (Å²) < 4.78 is 23.4. The van der Waals surface area contributed by atoms with Gasteiger partial charge in [0, 0.05) is 12.3 Å². The van der Waals surface area contributed by atoms with E-state index in [9.17, 15) is 9.90 Å². The van der Waals surface area contributed by atoms with Crippen molar-refractivity contribution in [2.75, 3.05) is 13.2 Å². The van der Waals surface area contributed by atoms with Gasteiger partial charge in [-0.25, -0.2) is 9.78 Å². The third-order valence-corrected chi connectivity index (χ3v) is 6.69. The first-order chi connectivity index (χ1) is 17.3. The molecule has 0 radical (unpaired) electrons. The van der Waals surface area contributed by atoms with E-state index in [1.165, 1.54) is 26.2 Å². The van der Waals surface area contributed by atoms with E-state index in [0.717, 1.165) is 35.7 Å². The summed E-state index contributed by atoms with van der Waals surface area (Å²) in [5, 5.41) is 9.76. The molecule has 7 heteroatoms. The molecule has 1 fully saturated rings. The second-order valence-corrected chi connectivity index (χ2v) is 9.65. The number of hydrogen-bond acceptors (Lipinski definition) is 6. The number of aliphatic carboxylic acids is 1. The number of aromatic nitrogens is 1. The molecule has 3 aromatic rings. The van der Waals surface area contributed by atoms with Crippen LogP contribution in [-0.2, 0) is 11.2 Å². The van der Waals surface area contributed by atoms with Gasteiger partial charge in [0.05, 0.1) is 12.3 Å². The number of rotatable bonds is 11. The van der Waals surface area contributed by atoms with Gasteiger partial charge in [-0.1, -0.05) is 37.5 Å². The van der Waals surface area contributed by atoms with Crippen molar-refractivity contribution in [1.29, 1.82) is 0 Å². The monoisotopic (exact) mass is 493 g/mol. The molecule has 7 nitrogen and oxygen atoms in total. The van der Waals surface area contributed by atoms with Gasteiger partial charge in [-0.3, -0.25) is 0 Å². The molecule has 36 heavy (non-hydrogen) atoms. The number of nitrogens with zero attached hydrogens (tertiary/aromatic N) is 1. The number of carboxylic acids is 1. The van der Waals surface area contributed by atoms with Crippen molar-refractivity contribution in [1.82, 2.24) is 4.98 Å². The van der Waals surface area contributed by atoms with E-state index < -0.39 is 11.6 Å². The number of aryl methyl sites for hydroxylation is 2. The van der Waals surface area contributed by atoms with E-state index in [1.807, 2.05) is 32.0 Å². The Kier molecular flexibility index (Phi) is 8.18. The van der Waals surface area contributed by atoms with Gasteiger partial charge in [0.1, 0.15) is 29.6 Å². The number of ether oxygens (including phenoxy) is 3. The zero-order chi connectivity index (χ0) is 25.5. The molecule has 0 aliphatic heterocycles. The molecule has 1 aromatic heterocycles. The summed E-state index contributed by atoms with van der Waals surface area (Å²) in [4.78, 5) is 16.7. The van der Waals surface area contributed by atoms with Crippen LogP contribution in [0.25, 0.3) is 0 Å². The maximum Gasteiger partial charge on any atom is 0.351 e. The molecule has 192 valence electrons. The third-order valence-electron chi connectivity index (χ3n) is 6.69. The molecule has 1 aliphatic carbocycles.